The van der Waals surface area contributed by atoms with Crippen molar-refractivity contribution < 1.29 is 15.0 Å². The molecule has 104 valence electrons. The number of hydrogen-bond donors (Lipinski definition) is 2. The Bertz CT molecular complexity index is 297. The highest BCUT2D eigenvalue weighted by Crippen LogP contribution is 2.34. The minimum Gasteiger partial charge on any atom is -0.481 e. The number of likely N-dealkylation sites (tertiary alicyclic amines) is 1. The molecule has 0 amide bonds. The molecule has 2 fully saturated rings. The number of carboxylic acid groups (broad SMARTS) is 1. The summed E-state index contributed by atoms with van der Waals surface area (Å²) in [5.74, 6) is -0.677. The van der Waals surface area contributed by atoms with Crippen LogP contribution in [0.15, 0.2) is 0 Å². The van der Waals surface area contributed by atoms with Crippen LogP contribution in [0, 0.1) is 5.41 Å². The molecule has 2 rings (SSSR count). The first-order valence-electron chi connectivity index (χ1n) is 7.18. The summed E-state index contributed by atoms with van der Waals surface area (Å²) in [6.07, 6.45) is 6.67. The summed E-state index contributed by atoms with van der Waals surface area (Å²) >= 11 is 0. The molecule has 1 saturated heterocycles. The van der Waals surface area contributed by atoms with Crippen molar-refractivity contribution in [2.45, 2.75) is 64.0 Å². The number of nitrogens with zero attached hydrogens (tertiary/aromatic N) is 1. The summed E-state index contributed by atoms with van der Waals surface area (Å²) < 4.78 is 0. The van der Waals surface area contributed by atoms with Gasteiger partial charge in [-0.3, -0.25) is 9.69 Å². The third-order valence-electron chi connectivity index (χ3n) is 4.83. The van der Waals surface area contributed by atoms with E-state index in [1.54, 1.807) is 0 Å². The lowest BCUT2D eigenvalue weighted by Gasteiger charge is -2.41. The molecule has 2 aliphatic rings. The van der Waals surface area contributed by atoms with Crippen LogP contribution in [-0.2, 0) is 4.79 Å². The SMILES string of the molecule is CC1(C(=O)O)CCN(C2CCCCCC2O)CC1. The number of hydrogen-bond acceptors (Lipinski definition) is 3. The van der Waals surface area contributed by atoms with Gasteiger partial charge in [-0.1, -0.05) is 19.3 Å². The first-order chi connectivity index (χ1) is 8.53. The van der Waals surface area contributed by atoms with E-state index in [0.29, 0.717) is 12.8 Å². The Balaban J connectivity index is 1.94. The molecule has 4 nitrogen and oxygen atoms in total. The normalized spacial score (nSPS) is 33.9. The summed E-state index contributed by atoms with van der Waals surface area (Å²) in [7, 11) is 0. The summed E-state index contributed by atoms with van der Waals surface area (Å²) in [5.41, 5.74) is -0.563. The molecule has 0 aromatic heterocycles. The minimum atomic E-state index is -0.677. The van der Waals surface area contributed by atoms with Crippen LogP contribution in [0.1, 0.15) is 51.9 Å². The summed E-state index contributed by atoms with van der Waals surface area (Å²) in [6, 6.07) is 0.255. The fourth-order valence-electron chi connectivity index (χ4n) is 3.26. The first-order valence-corrected chi connectivity index (χ1v) is 7.18. The van der Waals surface area contributed by atoms with Gasteiger partial charge >= 0.3 is 5.97 Å². The van der Waals surface area contributed by atoms with Crippen LogP contribution in [0.5, 0.6) is 0 Å². The van der Waals surface area contributed by atoms with Crippen LogP contribution in [0.3, 0.4) is 0 Å². The highest BCUT2D eigenvalue weighted by molar-refractivity contribution is 5.74. The molecule has 1 saturated carbocycles. The molecular weight excluding hydrogens is 230 g/mol. The van der Waals surface area contributed by atoms with Gasteiger partial charge in [0.2, 0.25) is 0 Å². The molecule has 2 unspecified atom stereocenters. The van der Waals surface area contributed by atoms with Crippen LogP contribution < -0.4 is 0 Å². The second-order valence-electron chi connectivity index (χ2n) is 6.17. The Kier molecular flexibility index (Phi) is 4.28. The van der Waals surface area contributed by atoms with Crippen LogP contribution in [0.2, 0.25) is 0 Å². The van der Waals surface area contributed by atoms with Gasteiger partial charge in [0.15, 0.2) is 0 Å². The minimum absolute atomic E-state index is 0.221. The Hall–Kier alpha value is -0.610. The lowest BCUT2D eigenvalue weighted by Crippen LogP contribution is -2.50. The molecule has 2 N–H and O–H groups in total. The van der Waals surface area contributed by atoms with Gasteiger partial charge in [-0.15, -0.1) is 0 Å². The van der Waals surface area contributed by atoms with Gasteiger partial charge in [0.25, 0.3) is 0 Å². The van der Waals surface area contributed by atoms with Crippen molar-refractivity contribution in [3.8, 4) is 0 Å². The fourth-order valence-corrected chi connectivity index (χ4v) is 3.26. The van der Waals surface area contributed by atoms with E-state index in [9.17, 15) is 15.0 Å². The Labute approximate surface area is 109 Å². The number of aliphatic carboxylic acids is 1. The van der Waals surface area contributed by atoms with E-state index in [2.05, 4.69) is 4.90 Å². The standard InChI is InChI=1S/C14H25NO3/c1-14(13(17)18)7-9-15(10-8-14)11-5-3-2-4-6-12(11)16/h11-12,16H,2-10H2,1H3,(H,17,18). The largest absolute Gasteiger partial charge is 0.481 e. The average molecular weight is 255 g/mol. The van der Waals surface area contributed by atoms with Crippen molar-refractivity contribution >= 4 is 5.97 Å². The number of piperidine rings is 1. The van der Waals surface area contributed by atoms with Crippen molar-refractivity contribution in [1.29, 1.82) is 0 Å². The quantitative estimate of drug-likeness (QED) is 0.739. The van der Waals surface area contributed by atoms with Gasteiger partial charge in [0.05, 0.1) is 11.5 Å². The van der Waals surface area contributed by atoms with E-state index in [-0.39, 0.29) is 12.1 Å². The van der Waals surface area contributed by atoms with E-state index in [1.807, 2.05) is 6.92 Å². The fraction of sp³-hybridized carbons (Fsp3) is 0.929. The van der Waals surface area contributed by atoms with Crippen LogP contribution >= 0.6 is 0 Å². The van der Waals surface area contributed by atoms with E-state index >= 15 is 0 Å². The number of rotatable bonds is 2. The van der Waals surface area contributed by atoms with Gasteiger partial charge in [0.1, 0.15) is 0 Å². The van der Waals surface area contributed by atoms with E-state index in [0.717, 1.165) is 32.4 Å². The molecule has 1 heterocycles. The van der Waals surface area contributed by atoms with Gasteiger partial charge in [-0.05, 0) is 45.7 Å². The summed E-state index contributed by atoms with van der Waals surface area (Å²) in [4.78, 5) is 13.5. The molecule has 0 aromatic carbocycles. The van der Waals surface area contributed by atoms with E-state index in [4.69, 9.17) is 0 Å². The van der Waals surface area contributed by atoms with Crippen molar-refractivity contribution in [3.05, 3.63) is 0 Å². The second kappa shape index (κ2) is 5.57. The molecule has 1 aliphatic carbocycles. The van der Waals surface area contributed by atoms with Crippen molar-refractivity contribution in [2.24, 2.45) is 5.41 Å². The van der Waals surface area contributed by atoms with Gasteiger partial charge in [-0.2, -0.15) is 0 Å². The number of aliphatic hydroxyl groups is 1. The zero-order chi connectivity index (χ0) is 13.2. The number of aliphatic hydroxyl groups excluding tert-OH is 1. The van der Waals surface area contributed by atoms with Crippen LogP contribution in [0.25, 0.3) is 0 Å². The number of carboxylic acids is 1. The van der Waals surface area contributed by atoms with Crippen molar-refractivity contribution in [3.63, 3.8) is 0 Å². The molecule has 0 spiro atoms. The van der Waals surface area contributed by atoms with Gasteiger partial charge in [0, 0.05) is 6.04 Å². The Morgan fingerprint density at radius 1 is 1.17 bits per heavy atom. The monoisotopic (exact) mass is 255 g/mol. The molecule has 18 heavy (non-hydrogen) atoms. The number of carbonyl (C=O) groups is 1. The lowest BCUT2D eigenvalue weighted by molar-refractivity contribution is -0.151. The van der Waals surface area contributed by atoms with Crippen molar-refractivity contribution in [2.75, 3.05) is 13.1 Å². The summed E-state index contributed by atoms with van der Waals surface area (Å²) in [5, 5.41) is 19.4. The first kappa shape index (κ1) is 13.8. The maximum Gasteiger partial charge on any atom is 0.309 e. The molecule has 1 aliphatic heterocycles. The van der Waals surface area contributed by atoms with Gasteiger partial charge in [-0.25, -0.2) is 0 Å². The zero-order valence-electron chi connectivity index (χ0n) is 11.3. The lowest BCUT2D eigenvalue weighted by atomic mass is 9.80. The Morgan fingerprint density at radius 2 is 1.78 bits per heavy atom. The molecule has 2 atom stereocenters. The Morgan fingerprint density at radius 3 is 2.39 bits per heavy atom. The highest BCUT2D eigenvalue weighted by atomic mass is 16.4. The maximum atomic E-state index is 11.2. The topological polar surface area (TPSA) is 60.8 Å². The molecule has 0 radical (unpaired) electrons. The van der Waals surface area contributed by atoms with E-state index < -0.39 is 11.4 Å². The zero-order valence-corrected chi connectivity index (χ0v) is 11.3. The highest BCUT2D eigenvalue weighted by Gasteiger charge is 2.39. The van der Waals surface area contributed by atoms with Crippen molar-refractivity contribution in [1.82, 2.24) is 4.90 Å². The smallest absolute Gasteiger partial charge is 0.309 e. The predicted octanol–water partition coefficient (Wildman–Crippen LogP) is 1.87. The third-order valence-corrected chi connectivity index (χ3v) is 4.83. The second-order valence-corrected chi connectivity index (χ2v) is 6.17. The van der Waals surface area contributed by atoms with Crippen LogP contribution in [0.4, 0.5) is 0 Å². The summed E-state index contributed by atoms with van der Waals surface area (Å²) in [6.45, 7) is 3.46. The van der Waals surface area contributed by atoms with E-state index in [1.165, 1.54) is 12.8 Å². The predicted molar refractivity (Wildman–Crippen MR) is 69.4 cm³/mol. The molecule has 0 aromatic rings. The maximum absolute atomic E-state index is 11.2. The van der Waals surface area contributed by atoms with Crippen LogP contribution in [-0.4, -0.2) is 46.3 Å². The molecular formula is C14H25NO3. The van der Waals surface area contributed by atoms with Gasteiger partial charge < -0.3 is 10.2 Å². The molecule has 0 bridgehead atoms. The molecule has 4 heteroatoms. The average Bonchev–Trinajstić information content (AvgIpc) is 2.55. The third kappa shape index (κ3) is 2.86.